The van der Waals surface area contributed by atoms with Crippen molar-refractivity contribution in [3.8, 4) is 0 Å². The molecule has 0 aliphatic rings. The van der Waals surface area contributed by atoms with Gasteiger partial charge in [-0.05, 0) is 41.0 Å². The molecule has 0 fully saturated rings. The first-order valence-electron chi connectivity index (χ1n) is 9.13. The Hall–Kier alpha value is -3.12. The number of hydrogen-bond donors (Lipinski definition) is 2. The molecule has 29 heavy (non-hydrogen) atoms. The van der Waals surface area contributed by atoms with E-state index in [-0.39, 0.29) is 18.6 Å². The molecule has 3 rings (SSSR count). The molecule has 0 spiro atoms. The number of amides is 1. The molecule has 0 bridgehead atoms. The number of carbonyl (C=O) groups is 1. The van der Waals surface area contributed by atoms with Crippen LogP contribution in [0.3, 0.4) is 0 Å². The van der Waals surface area contributed by atoms with Crippen molar-refractivity contribution < 1.29 is 23.1 Å². The van der Waals surface area contributed by atoms with E-state index in [4.69, 9.17) is 0 Å². The molecule has 0 aliphatic heterocycles. The fraction of sp³-hybridized carbons (Fsp3) is 0.174. The third-order valence-electron chi connectivity index (χ3n) is 4.67. The Balaban J connectivity index is 1.86. The minimum Gasteiger partial charge on any atom is -0.394 e. The van der Waals surface area contributed by atoms with Gasteiger partial charge >= 0.3 is 0 Å². The number of rotatable bonds is 7. The van der Waals surface area contributed by atoms with Crippen molar-refractivity contribution >= 4 is 5.91 Å². The van der Waals surface area contributed by atoms with Gasteiger partial charge < -0.3 is 10.4 Å². The monoisotopic (exact) mass is 399 g/mol. The highest BCUT2D eigenvalue weighted by molar-refractivity contribution is 5.78. The second-order valence-electron chi connectivity index (χ2n) is 6.72. The van der Waals surface area contributed by atoms with Crippen molar-refractivity contribution in [2.24, 2.45) is 0 Å². The highest BCUT2D eigenvalue weighted by Crippen LogP contribution is 2.30. The quantitative estimate of drug-likeness (QED) is 0.616. The van der Waals surface area contributed by atoms with E-state index in [9.17, 15) is 23.1 Å². The van der Waals surface area contributed by atoms with E-state index < -0.39 is 35.3 Å². The summed E-state index contributed by atoms with van der Waals surface area (Å²) in [6.45, 7) is -0.300. The molecule has 0 saturated carbocycles. The third-order valence-corrected chi connectivity index (χ3v) is 4.67. The van der Waals surface area contributed by atoms with Crippen molar-refractivity contribution in [2.45, 2.75) is 18.4 Å². The smallest absolute Gasteiger partial charge is 0.221 e. The van der Waals surface area contributed by atoms with E-state index in [1.807, 2.05) is 6.07 Å². The molecule has 0 radical (unpaired) electrons. The second kappa shape index (κ2) is 9.39. The Labute approximate surface area is 166 Å². The van der Waals surface area contributed by atoms with Gasteiger partial charge in [-0.3, -0.25) is 4.79 Å². The number of halogens is 3. The van der Waals surface area contributed by atoms with E-state index in [0.717, 1.165) is 23.8 Å². The highest BCUT2D eigenvalue weighted by atomic mass is 19.1. The lowest BCUT2D eigenvalue weighted by molar-refractivity contribution is -0.122. The minimum atomic E-state index is -0.759. The largest absolute Gasteiger partial charge is 0.394 e. The zero-order valence-corrected chi connectivity index (χ0v) is 15.5. The summed E-state index contributed by atoms with van der Waals surface area (Å²) in [5.74, 6) is -3.07. The zero-order chi connectivity index (χ0) is 20.8. The predicted molar refractivity (Wildman–Crippen MR) is 104 cm³/mol. The van der Waals surface area contributed by atoms with Gasteiger partial charge in [-0.2, -0.15) is 0 Å². The van der Waals surface area contributed by atoms with E-state index in [1.165, 1.54) is 24.3 Å². The van der Waals surface area contributed by atoms with Crippen LogP contribution in [0.5, 0.6) is 0 Å². The molecule has 2 N–H and O–H groups in total. The average molecular weight is 399 g/mol. The summed E-state index contributed by atoms with van der Waals surface area (Å²) < 4.78 is 40.8. The number of benzene rings is 3. The molecule has 1 unspecified atom stereocenters. The summed E-state index contributed by atoms with van der Waals surface area (Å²) in [7, 11) is 0. The predicted octanol–water partition coefficient (Wildman–Crippen LogP) is 4.48. The molecule has 3 aromatic rings. The molecule has 150 valence electrons. The van der Waals surface area contributed by atoms with Crippen molar-refractivity contribution in [3.63, 3.8) is 0 Å². The molecule has 3 aromatic carbocycles. The maximum absolute atomic E-state index is 13.8. The van der Waals surface area contributed by atoms with Crippen LogP contribution in [0.1, 0.15) is 35.1 Å². The van der Waals surface area contributed by atoms with Gasteiger partial charge in [0, 0.05) is 18.4 Å². The molecule has 2 atom stereocenters. The molecular formula is C23H20F3NO2. The molecule has 0 aliphatic carbocycles. The Kier molecular flexibility index (Phi) is 6.67. The van der Waals surface area contributed by atoms with E-state index in [0.29, 0.717) is 5.56 Å². The van der Waals surface area contributed by atoms with Crippen molar-refractivity contribution in [2.75, 3.05) is 6.61 Å². The van der Waals surface area contributed by atoms with Gasteiger partial charge in [-0.15, -0.1) is 0 Å². The van der Waals surface area contributed by atoms with Crippen LogP contribution in [0, 0.1) is 17.5 Å². The van der Waals surface area contributed by atoms with Gasteiger partial charge in [0.1, 0.15) is 17.5 Å². The van der Waals surface area contributed by atoms with E-state index in [1.54, 1.807) is 24.3 Å². The highest BCUT2D eigenvalue weighted by Gasteiger charge is 2.22. The SMILES string of the molecule is O=C(CC(c1ccc(F)cc1)c1cc(F)cc(F)c1)N[C@@H](CO)c1ccccc1. The molecule has 0 saturated heterocycles. The van der Waals surface area contributed by atoms with Gasteiger partial charge in [0.25, 0.3) is 0 Å². The number of carbonyl (C=O) groups excluding carboxylic acids is 1. The molecule has 0 heterocycles. The van der Waals surface area contributed by atoms with Crippen LogP contribution in [0.25, 0.3) is 0 Å². The third kappa shape index (κ3) is 5.45. The first-order valence-corrected chi connectivity index (χ1v) is 9.13. The van der Waals surface area contributed by atoms with Crippen molar-refractivity contribution in [3.05, 3.63) is 107 Å². The zero-order valence-electron chi connectivity index (χ0n) is 15.5. The van der Waals surface area contributed by atoms with Crippen LogP contribution in [0.15, 0.2) is 72.8 Å². The summed E-state index contributed by atoms with van der Waals surface area (Å²) in [4.78, 5) is 12.7. The lowest BCUT2D eigenvalue weighted by atomic mass is 9.88. The lowest BCUT2D eigenvalue weighted by Crippen LogP contribution is -2.31. The molecule has 3 nitrogen and oxygen atoms in total. The van der Waals surface area contributed by atoms with Crippen molar-refractivity contribution in [1.82, 2.24) is 5.32 Å². The van der Waals surface area contributed by atoms with Crippen LogP contribution >= 0.6 is 0 Å². The Morgan fingerprint density at radius 3 is 2.00 bits per heavy atom. The van der Waals surface area contributed by atoms with Gasteiger partial charge in [-0.1, -0.05) is 42.5 Å². The van der Waals surface area contributed by atoms with Crippen LogP contribution in [-0.2, 0) is 4.79 Å². The second-order valence-corrected chi connectivity index (χ2v) is 6.72. The standard InChI is InChI=1S/C23H20F3NO2/c24-18-8-6-15(7-9-18)21(17-10-19(25)12-20(26)11-17)13-23(29)27-22(14-28)16-4-2-1-3-5-16/h1-12,21-22,28H,13-14H2,(H,27,29)/t21?,22-/m0/s1. The normalized spacial score (nSPS) is 13.0. The minimum absolute atomic E-state index is 0.127. The van der Waals surface area contributed by atoms with Crippen LogP contribution in [0.4, 0.5) is 13.2 Å². The van der Waals surface area contributed by atoms with Crippen LogP contribution < -0.4 is 5.32 Å². The maximum atomic E-state index is 13.8. The number of aliphatic hydroxyl groups is 1. The number of nitrogens with one attached hydrogen (secondary N) is 1. The van der Waals surface area contributed by atoms with Gasteiger partial charge in [-0.25, -0.2) is 13.2 Å². The Bertz CT molecular complexity index is 941. The Morgan fingerprint density at radius 1 is 0.793 bits per heavy atom. The van der Waals surface area contributed by atoms with Gasteiger partial charge in [0.05, 0.1) is 12.6 Å². The molecule has 6 heteroatoms. The average Bonchev–Trinajstić information content (AvgIpc) is 2.71. The van der Waals surface area contributed by atoms with Gasteiger partial charge in [0.2, 0.25) is 5.91 Å². The topological polar surface area (TPSA) is 49.3 Å². The first-order chi connectivity index (χ1) is 14.0. The Morgan fingerprint density at radius 2 is 1.41 bits per heavy atom. The van der Waals surface area contributed by atoms with Gasteiger partial charge in [0.15, 0.2) is 0 Å². The fourth-order valence-corrected chi connectivity index (χ4v) is 3.26. The maximum Gasteiger partial charge on any atom is 0.221 e. The molecule has 0 aromatic heterocycles. The molecular weight excluding hydrogens is 379 g/mol. The summed E-state index contributed by atoms with van der Waals surface area (Å²) in [6, 6.07) is 16.9. The summed E-state index contributed by atoms with van der Waals surface area (Å²) in [5, 5.41) is 12.4. The van der Waals surface area contributed by atoms with Crippen LogP contribution in [0.2, 0.25) is 0 Å². The number of hydrogen-bond acceptors (Lipinski definition) is 2. The summed E-state index contributed by atoms with van der Waals surface area (Å²) in [5.41, 5.74) is 1.55. The van der Waals surface area contributed by atoms with E-state index >= 15 is 0 Å². The summed E-state index contributed by atoms with van der Waals surface area (Å²) >= 11 is 0. The summed E-state index contributed by atoms with van der Waals surface area (Å²) in [6.07, 6.45) is -0.127. The molecule has 1 amide bonds. The van der Waals surface area contributed by atoms with E-state index in [2.05, 4.69) is 5.32 Å². The van der Waals surface area contributed by atoms with Crippen molar-refractivity contribution in [1.29, 1.82) is 0 Å². The van der Waals surface area contributed by atoms with Crippen LogP contribution in [-0.4, -0.2) is 17.6 Å². The lowest BCUT2D eigenvalue weighted by Gasteiger charge is -2.21. The first kappa shape index (κ1) is 20.6. The fourth-order valence-electron chi connectivity index (χ4n) is 3.26. The number of aliphatic hydroxyl groups excluding tert-OH is 1.